The molecule has 1 aliphatic heterocycles. The average Bonchev–Trinajstić information content (AvgIpc) is 2.61. The van der Waals surface area contributed by atoms with Gasteiger partial charge in [0.15, 0.2) is 11.5 Å². The smallest absolute Gasteiger partial charge is 0.242 e. The third-order valence-corrected chi connectivity index (χ3v) is 3.71. The molecule has 0 unspecified atom stereocenters. The van der Waals surface area contributed by atoms with Gasteiger partial charge in [-0.15, -0.1) is 0 Å². The minimum absolute atomic E-state index is 0.159. The second kappa shape index (κ2) is 7.21. The van der Waals surface area contributed by atoms with Crippen LogP contribution >= 0.6 is 0 Å². The number of rotatable bonds is 5. The standard InChI is InChI=1S/C18H19FN2O3/c1-12(18(22)20-11-13-5-7-14(19)8-6-13)21-15-3-2-4-16-17(15)24-10-9-23-16/h2-8,12,21H,9-11H2,1H3,(H,20,22)/t12-/m1/s1. The van der Waals surface area contributed by atoms with Gasteiger partial charge in [0.1, 0.15) is 25.1 Å². The molecule has 0 radical (unpaired) electrons. The molecule has 1 amide bonds. The van der Waals surface area contributed by atoms with Crippen LogP contribution in [0.2, 0.25) is 0 Å². The largest absolute Gasteiger partial charge is 0.486 e. The van der Waals surface area contributed by atoms with Crippen LogP contribution in [-0.2, 0) is 11.3 Å². The second-order valence-corrected chi connectivity index (χ2v) is 5.54. The molecule has 5 nitrogen and oxygen atoms in total. The molecule has 126 valence electrons. The van der Waals surface area contributed by atoms with E-state index in [0.717, 1.165) is 11.3 Å². The predicted molar refractivity (Wildman–Crippen MR) is 88.8 cm³/mol. The number of carbonyl (C=O) groups excluding carboxylic acids is 1. The fourth-order valence-corrected chi connectivity index (χ4v) is 2.43. The maximum absolute atomic E-state index is 12.9. The molecule has 0 aliphatic carbocycles. The first-order chi connectivity index (χ1) is 11.6. The Labute approximate surface area is 139 Å². The molecule has 2 aromatic rings. The SMILES string of the molecule is C[C@@H](Nc1cccc2c1OCCO2)C(=O)NCc1ccc(F)cc1. The molecule has 0 saturated heterocycles. The highest BCUT2D eigenvalue weighted by molar-refractivity contribution is 5.85. The van der Waals surface area contributed by atoms with E-state index in [9.17, 15) is 9.18 Å². The van der Waals surface area contributed by atoms with Crippen LogP contribution in [0, 0.1) is 5.82 Å². The third kappa shape index (κ3) is 3.76. The number of ether oxygens (including phenoxy) is 2. The van der Waals surface area contributed by atoms with Gasteiger partial charge in [-0.2, -0.15) is 0 Å². The van der Waals surface area contributed by atoms with Crippen LogP contribution in [0.25, 0.3) is 0 Å². The molecule has 1 atom stereocenters. The van der Waals surface area contributed by atoms with Gasteiger partial charge in [0.25, 0.3) is 0 Å². The van der Waals surface area contributed by atoms with E-state index in [1.54, 1.807) is 19.1 Å². The van der Waals surface area contributed by atoms with Gasteiger partial charge in [0, 0.05) is 6.54 Å². The van der Waals surface area contributed by atoms with Gasteiger partial charge in [-0.25, -0.2) is 4.39 Å². The number of carbonyl (C=O) groups is 1. The molecule has 24 heavy (non-hydrogen) atoms. The Kier molecular flexibility index (Phi) is 4.84. The Balaban J connectivity index is 1.59. The van der Waals surface area contributed by atoms with Crippen molar-refractivity contribution >= 4 is 11.6 Å². The fraction of sp³-hybridized carbons (Fsp3) is 0.278. The Bertz CT molecular complexity index is 719. The Hall–Kier alpha value is -2.76. The topological polar surface area (TPSA) is 59.6 Å². The molecule has 2 N–H and O–H groups in total. The first-order valence-electron chi connectivity index (χ1n) is 7.81. The summed E-state index contributed by atoms with van der Waals surface area (Å²) in [6, 6.07) is 11.1. The van der Waals surface area contributed by atoms with Gasteiger partial charge in [0.2, 0.25) is 5.91 Å². The predicted octanol–water partition coefficient (Wildman–Crippen LogP) is 2.71. The fourth-order valence-electron chi connectivity index (χ4n) is 2.43. The molecule has 0 bridgehead atoms. The third-order valence-electron chi connectivity index (χ3n) is 3.71. The first kappa shape index (κ1) is 16.1. The number of amides is 1. The van der Waals surface area contributed by atoms with Gasteiger partial charge in [-0.1, -0.05) is 18.2 Å². The molecule has 0 aromatic heterocycles. The van der Waals surface area contributed by atoms with Crippen LogP contribution in [0.15, 0.2) is 42.5 Å². The maximum Gasteiger partial charge on any atom is 0.242 e. The van der Waals surface area contributed by atoms with Crippen molar-refractivity contribution in [1.29, 1.82) is 0 Å². The summed E-state index contributed by atoms with van der Waals surface area (Å²) in [5.74, 6) is 0.844. The summed E-state index contributed by atoms with van der Waals surface area (Å²) in [4.78, 5) is 12.2. The number of benzene rings is 2. The lowest BCUT2D eigenvalue weighted by molar-refractivity contribution is -0.121. The molecule has 1 aliphatic rings. The van der Waals surface area contributed by atoms with E-state index in [4.69, 9.17) is 9.47 Å². The van der Waals surface area contributed by atoms with Crippen LogP contribution in [0.5, 0.6) is 11.5 Å². The van der Waals surface area contributed by atoms with Gasteiger partial charge in [-0.3, -0.25) is 4.79 Å². The van der Waals surface area contributed by atoms with Gasteiger partial charge < -0.3 is 20.1 Å². The van der Waals surface area contributed by atoms with Crippen LogP contribution in [0.3, 0.4) is 0 Å². The van der Waals surface area contributed by atoms with E-state index in [-0.39, 0.29) is 11.7 Å². The summed E-state index contributed by atoms with van der Waals surface area (Å²) < 4.78 is 24.0. The second-order valence-electron chi connectivity index (χ2n) is 5.54. The van der Waals surface area contributed by atoms with Gasteiger partial charge >= 0.3 is 0 Å². The molecular weight excluding hydrogens is 311 g/mol. The molecule has 6 heteroatoms. The van der Waals surface area contributed by atoms with Crippen molar-refractivity contribution in [3.63, 3.8) is 0 Å². The van der Waals surface area contributed by atoms with E-state index < -0.39 is 6.04 Å². The van der Waals surface area contributed by atoms with Crippen molar-refractivity contribution in [1.82, 2.24) is 5.32 Å². The summed E-state index contributed by atoms with van der Waals surface area (Å²) in [5.41, 5.74) is 1.56. The molecule has 0 saturated carbocycles. The zero-order chi connectivity index (χ0) is 16.9. The summed E-state index contributed by atoms with van der Waals surface area (Å²) in [6.07, 6.45) is 0. The highest BCUT2D eigenvalue weighted by Gasteiger charge is 2.19. The molecule has 1 heterocycles. The van der Waals surface area contributed by atoms with E-state index in [1.165, 1.54) is 12.1 Å². The number of hydrogen-bond donors (Lipinski definition) is 2. The van der Waals surface area contributed by atoms with Crippen molar-refractivity contribution in [2.75, 3.05) is 18.5 Å². The monoisotopic (exact) mass is 330 g/mol. The average molecular weight is 330 g/mol. The van der Waals surface area contributed by atoms with E-state index in [1.807, 2.05) is 18.2 Å². The zero-order valence-electron chi connectivity index (χ0n) is 13.3. The summed E-state index contributed by atoms with van der Waals surface area (Å²) in [6.45, 7) is 3.11. The molecule has 0 spiro atoms. The molecular formula is C18H19FN2O3. The first-order valence-corrected chi connectivity index (χ1v) is 7.81. The van der Waals surface area contributed by atoms with Gasteiger partial charge in [0.05, 0.1) is 5.69 Å². The normalized spacial score (nSPS) is 13.9. The number of nitrogens with one attached hydrogen (secondary N) is 2. The van der Waals surface area contributed by atoms with Crippen LogP contribution in [-0.4, -0.2) is 25.2 Å². The van der Waals surface area contributed by atoms with Crippen molar-refractivity contribution < 1.29 is 18.7 Å². The van der Waals surface area contributed by atoms with Crippen molar-refractivity contribution in [2.45, 2.75) is 19.5 Å². The van der Waals surface area contributed by atoms with Crippen LogP contribution < -0.4 is 20.1 Å². The van der Waals surface area contributed by atoms with Crippen molar-refractivity contribution in [3.8, 4) is 11.5 Å². The highest BCUT2D eigenvalue weighted by atomic mass is 19.1. The maximum atomic E-state index is 12.9. The van der Waals surface area contributed by atoms with Crippen molar-refractivity contribution in [2.24, 2.45) is 0 Å². The molecule has 2 aromatic carbocycles. The van der Waals surface area contributed by atoms with Crippen LogP contribution in [0.4, 0.5) is 10.1 Å². The van der Waals surface area contributed by atoms with E-state index in [2.05, 4.69) is 10.6 Å². The quantitative estimate of drug-likeness (QED) is 0.885. The Morgan fingerprint density at radius 1 is 1.17 bits per heavy atom. The van der Waals surface area contributed by atoms with E-state index >= 15 is 0 Å². The number of hydrogen-bond acceptors (Lipinski definition) is 4. The van der Waals surface area contributed by atoms with Gasteiger partial charge in [-0.05, 0) is 36.8 Å². The zero-order valence-corrected chi connectivity index (χ0v) is 13.3. The summed E-state index contributed by atoms with van der Waals surface area (Å²) in [7, 11) is 0. The number of para-hydroxylation sites is 1. The van der Waals surface area contributed by atoms with Crippen molar-refractivity contribution in [3.05, 3.63) is 53.8 Å². The minimum atomic E-state index is -0.456. The Morgan fingerprint density at radius 2 is 1.92 bits per heavy atom. The lowest BCUT2D eigenvalue weighted by Crippen LogP contribution is -2.37. The minimum Gasteiger partial charge on any atom is -0.486 e. The number of anilines is 1. The number of halogens is 1. The van der Waals surface area contributed by atoms with Crippen LogP contribution in [0.1, 0.15) is 12.5 Å². The summed E-state index contributed by atoms with van der Waals surface area (Å²) >= 11 is 0. The molecule has 0 fully saturated rings. The highest BCUT2D eigenvalue weighted by Crippen LogP contribution is 2.37. The molecule has 3 rings (SSSR count). The van der Waals surface area contributed by atoms with E-state index in [0.29, 0.717) is 31.3 Å². The number of fused-ring (bicyclic) bond motifs is 1. The lowest BCUT2D eigenvalue weighted by atomic mass is 10.2. The lowest BCUT2D eigenvalue weighted by Gasteiger charge is -2.23. The summed E-state index contributed by atoms with van der Waals surface area (Å²) in [5, 5.41) is 5.96. The Morgan fingerprint density at radius 3 is 2.71 bits per heavy atom.